The lowest BCUT2D eigenvalue weighted by Crippen LogP contribution is -2.19. The summed E-state index contributed by atoms with van der Waals surface area (Å²) < 4.78 is 39.8. The lowest BCUT2D eigenvalue weighted by molar-refractivity contribution is -0.274. The Hall–Kier alpha value is -0.940. The van der Waals surface area contributed by atoms with Crippen molar-refractivity contribution in [3.05, 3.63) is 28.8 Å². The van der Waals surface area contributed by atoms with Gasteiger partial charge in [0.1, 0.15) is 5.75 Å². The van der Waals surface area contributed by atoms with E-state index in [0.29, 0.717) is 12.0 Å². The number of nitrogens with two attached hydrogens (primary N) is 1. The molecule has 0 fully saturated rings. The minimum absolute atomic E-state index is 0.0780. The van der Waals surface area contributed by atoms with Crippen LogP contribution in [0.4, 0.5) is 13.2 Å². The van der Waals surface area contributed by atoms with E-state index in [4.69, 9.17) is 17.3 Å². The van der Waals surface area contributed by atoms with Gasteiger partial charge < -0.3 is 10.5 Å². The van der Waals surface area contributed by atoms with Gasteiger partial charge in [-0.1, -0.05) is 17.7 Å². The van der Waals surface area contributed by atoms with Crippen LogP contribution in [-0.2, 0) is 6.42 Å². The quantitative estimate of drug-likeness (QED) is 0.898. The summed E-state index contributed by atoms with van der Waals surface area (Å²) in [4.78, 5) is 0. The maximum Gasteiger partial charge on any atom is 0.573 e. The molecular weight excluding hydrogens is 243 g/mol. The number of alkyl halides is 3. The van der Waals surface area contributed by atoms with Crippen LogP contribution in [0, 0.1) is 0 Å². The summed E-state index contributed by atoms with van der Waals surface area (Å²) in [6.07, 6.45) is -4.28. The summed E-state index contributed by atoms with van der Waals surface area (Å²) in [5.41, 5.74) is 6.20. The molecule has 0 aliphatic carbocycles. The molecule has 0 bridgehead atoms. The number of ether oxygens (including phenoxy) is 1. The van der Waals surface area contributed by atoms with E-state index in [1.165, 1.54) is 12.1 Å². The molecule has 2 N–H and O–H groups in total. The Bertz CT molecular complexity index is 366. The first-order chi connectivity index (χ1) is 7.28. The van der Waals surface area contributed by atoms with Gasteiger partial charge in [0.25, 0.3) is 0 Å². The van der Waals surface area contributed by atoms with Crippen molar-refractivity contribution in [3.8, 4) is 5.75 Å². The van der Waals surface area contributed by atoms with Crippen molar-refractivity contribution in [2.75, 3.05) is 0 Å². The van der Waals surface area contributed by atoms with Crippen molar-refractivity contribution in [2.24, 2.45) is 5.73 Å². The molecule has 1 atom stereocenters. The lowest BCUT2D eigenvalue weighted by Gasteiger charge is -2.12. The number of hydrogen-bond donors (Lipinski definition) is 1. The fourth-order valence-electron chi connectivity index (χ4n) is 1.25. The summed E-state index contributed by atoms with van der Waals surface area (Å²) in [5.74, 6) is -0.396. The topological polar surface area (TPSA) is 35.2 Å². The predicted octanol–water partition coefficient (Wildman–Crippen LogP) is 3.13. The second kappa shape index (κ2) is 4.93. The van der Waals surface area contributed by atoms with Crippen LogP contribution in [0.1, 0.15) is 12.5 Å². The van der Waals surface area contributed by atoms with Crippen LogP contribution in [0.2, 0.25) is 5.02 Å². The van der Waals surface area contributed by atoms with E-state index in [1.807, 2.05) is 0 Å². The molecule has 1 aromatic rings. The van der Waals surface area contributed by atoms with Gasteiger partial charge in [-0.15, -0.1) is 13.2 Å². The van der Waals surface area contributed by atoms with Gasteiger partial charge in [-0.2, -0.15) is 0 Å². The molecule has 16 heavy (non-hydrogen) atoms. The molecule has 2 nitrogen and oxygen atoms in total. The third kappa shape index (κ3) is 4.28. The van der Waals surface area contributed by atoms with Crippen LogP contribution < -0.4 is 10.5 Å². The summed E-state index contributed by atoms with van der Waals surface area (Å²) in [6.45, 7) is 1.76. The molecule has 0 aliphatic rings. The normalized spacial score (nSPS) is 13.6. The Balaban J connectivity index is 2.90. The van der Waals surface area contributed by atoms with Crippen molar-refractivity contribution < 1.29 is 17.9 Å². The van der Waals surface area contributed by atoms with Gasteiger partial charge >= 0.3 is 6.36 Å². The molecule has 0 saturated carbocycles. The van der Waals surface area contributed by atoms with Crippen LogP contribution >= 0.6 is 11.6 Å². The molecule has 0 heterocycles. The fourth-order valence-corrected chi connectivity index (χ4v) is 1.41. The van der Waals surface area contributed by atoms with E-state index in [-0.39, 0.29) is 11.1 Å². The molecular formula is C10H11ClF3NO. The second-order valence-electron chi connectivity index (χ2n) is 3.49. The number of hydrogen-bond acceptors (Lipinski definition) is 2. The number of benzene rings is 1. The average Bonchev–Trinajstić information content (AvgIpc) is 2.07. The Morgan fingerprint density at radius 2 is 2.06 bits per heavy atom. The molecule has 0 radical (unpaired) electrons. The molecule has 0 aliphatic heterocycles. The fraction of sp³-hybridized carbons (Fsp3) is 0.400. The molecule has 0 spiro atoms. The van der Waals surface area contributed by atoms with Crippen LogP contribution in [0.15, 0.2) is 18.2 Å². The van der Waals surface area contributed by atoms with Gasteiger partial charge in [0.2, 0.25) is 0 Å². The smallest absolute Gasteiger partial charge is 0.404 e. The molecule has 1 aromatic carbocycles. The summed E-state index contributed by atoms with van der Waals surface area (Å²) in [5, 5.41) is -0.0780. The molecule has 1 rings (SSSR count). The second-order valence-corrected chi connectivity index (χ2v) is 3.90. The van der Waals surface area contributed by atoms with Crippen molar-refractivity contribution in [1.82, 2.24) is 0 Å². The zero-order valence-electron chi connectivity index (χ0n) is 8.51. The highest BCUT2D eigenvalue weighted by molar-refractivity contribution is 6.32. The largest absolute Gasteiger partial charge is 0.573 e. The molecule has 0 saturated heterocycles. The summed E-state index contributed by atoms with van der Waals surface area (Å²) in [7, 11) is 0. The maximum absolute atomic E-state index is 12.0. The highest BCUT2D eigenvalue weighted by atomic mass is 35.5. The van der Waals surface area contributed by atoms with Crippen LogP contribution in [0.25, 0.3) is 0 Å². The van der Waals surface area contributed by atoms with E-state index < -0.39 is 12.1 Å². The third-order valence-corrected chi connectivity index (χ3v) is 2.09. The zero-order valence-corrected chi connectivity index (χ0v) is 9.27. The molecule has 0 amide bonds. The average molecular weight is 254 g/mol. The SMILES string of the molecule is CC(N)Cc1ccc(Cl)c(OC(F)(F)F)c1. The first-order valence-corrected chi connectivity index (χ1v) is 4.95. The summed E-state index contributed by atoms with van der Waals surface area (Å²) in [6, 6.07) is 4.09. The summed E-state index contributed by atoms with van der Waals surface area (Å²) >= 11 is 5.58. The van der Waals surface area contributed by atoms with Gasteiger partial charge in [0, 0.05) is 6.04 Å². The first kappa shape index (κ1) is 13.1. The monoisotopic (exact) mass is 253 g/mol. The van der Waals surface area contributed by atoms with Crippen molar-refractivity contribution in [1.29, 1.82) is 0 Å². The molecule has 1 unspecified atom stereocenters. The number of rotatable bonds is 3. The third-order valence-electron chi connectivity index (χ3n) is 1.78. The Morgan fingerprint density at radius 1 is 1.44 bits per heavy atom. The standard InChI is InChI=1S/C10H11ClF3NO/c1-6(15)4-7-2-3-8(11)9(5-7)16-10(12,13)14/h2-3,5-6H,4,15H2,1H3. The van der Waals surface area contributed by atoms with Crippen molar-refractivity contribution >= 4 is 11.6 Å². The van der Waals surface area contributed by atoms with Gasteiger partial charge in [-0.25, -0.2) is 0 Å². The van der Waals surface area contributed by atoms with Crippen LogP contribution in [0.3, 0.4) is 0 Å². The molecule has 6 heteroatoms. The van der Waals surface area contributed by atoms with E-state index in [0.717, 1.165) is 0 Å². The minimum atomic E-state index is -4.74. The van der Waals surface area contributed by atoms with Crippen LogP contribution in [-0.4, -0.2) is 12.4 Å². The van der Waals surface area contributed by atoms with Crippen molar-refractivity contribution in [2.45, 2.75) is 25.7 Å². The predicted molar refractivity (Wildman–Crippen MR) is 55.5 cm³/mol. The van der Waals surface area contributed by atoms with E-state index >= 15 is 0 Å². The van der Waals surface area contributed by atoms with Gasteiger partial charge in [-0.05, 0) is 31.0 Å². The van der Waals surface area contributed by atoms with Gasteiger partial charge in [-0.3, -0.25) is 0 Å². The number of halogens is 4. The van der Waals surface area contributed by atoms with Crippen molar-refractivity contribution in [3.63, 3.8) is 0 Å². The van der Waals surface area contributed by atoms with Gasteiger partial charge in [0.05, 0.1) is 5.02 Å². The molecule has 90 valence electrons. The Morgan fingerprint density at radius 3 is 2.56 bits per heavy atom. The highest BCUT2D eigenvalue weighted by Gasteiger charge is 2.32. The van der Waals surface area contributed by atoms with E-state index in [2.05, 4.69) is 4.74 Å². The highest BCUT2D eigenvalue weighted by Crippen LogP contribution is 2.31. The van der Waals surface area contributed by atoms with E-state index in [1.54, 1.807) is 13.0 Å². The molecule has 0 aromatic heterocycles. The van der Waals surface area contributed by atoms with E-state index in [9.17, 15) is 13.2 Å². The zero-order chi connectivity index (χ0) is 12.3. The van der Waals surface area contributed by atoms with Crippen LogP contribution in [0.5, 0.6) is 5.75 Å². The lowest BCUT2D eigenvalue weighted by atomic mass is 10.1. The Labute approximate surface area is 96.1 Å². The minimum Gasteiger partial charge on any atom is -0.404 e. The van der Waals surface area contributed by atoms with Gasteiger partial charge in [0.15, 0.2) is 0 Å². The maximum atomic E-state index is 12.0. The first-order valence-electron chi connectivity index (χ1n) is 4.57. The Kier molecular flexibility index (Phi) is 4.04.